The fourth-order valence-corrected chi connectivity index (χ4v) is 6.12. The van der Waals surface area contributed by atoms with Crippen molar-refractivity contribution in [3.05, 3.63) is 59.3 Å². The van der Waals surface area contributed by atoms with Crippen LogP contribution in [0.2, 0.25) is 5.02 Å². The summed E-state index contributed by atoms with van der Waals surface area (Å²) in [5.74, 6) is 0.509. The summed E-state index contributed by atoms with van der Waals surface area (Å²) in [7, 11) is 0. The minimum Gasteiger partial charge on any atom is -0.338 e. The van der Waals surface area contributed by atoms with E-state index in [2.05, 4.69) is 25.9 Å². The van der Waals surface area contributed by atoms with Crippen molar-refractivity contribution < 1.29 is 4.79 Å². The van der Waals surface area contributed by atoms with E-state index in [0.717, 1.165) is 77.5 Å². The molecule has 1 aliphatic heterocycles. The van der Waals surface area contributed by atoms with Crippen LogP contribution in [-0.2, 0) is 12.8 Å². The van der Waals surface area contributed by atoms with E-state index in [0.29, 0.717) is 22.6 Å². The van der Waals surface area contributed by atoms with Crippen LogP contribution in [0.5, 0.6) is 0 Å². The lowest BCUT2D eigenvalue weighted by Crippen LogP contribution is -2.37. The number of thiazole rings is 1. The van der Waals surface area contributed by atoms with Crippen molar-refractivity contribution in [3.8, 4) is 27.5 Å². The molecule has 2 amide bonds. The Labute approximate surface area is 217 Å². The molecule has 1 fully saturated rings. The first-order chi connectivity index (χ1) is 17.7. The second-order valence-corrected chi connectivity index (χ2v) is 10.4. The fourth-order valence-electron chi connectivity index (χ4n) is 4.84. The van der Waals surface area contributed by atoms with Gasteiger partial charge in [0.2, 0.25) is 0 Å². The number of para-hydroxylation sites is 1. The Hall–Kier alpha value is -3.34. The molecule has 4 aromatic rings. The molecule has 11 heteroatoms. The number of halogens is 1. The van der Waals surface area contributed by atoms with Crippen molar-refractivity contribution in [2.75, 3.05) is 25.0 Å². The molecule has 6 rings (SSSR count). The van der Waals surface area contributed by atoms with Crippen molar-refractivity contribution in [1.82, 2.24) is 35.4 Å². The van der Waals surface area contributed by atoms with Crippen LogP contribution in [0, 0.1) is 5.92 Å². The maximum atomic E-state index is 12.6. The molecule has 1 aliphatic carbocycles. The molecule has 0 radical (unpaired) electrons. The monoisotopic (exact) mass is 520 g/mol. The Bertz CT molecular complexity index is 1400. The molecular formula is C25H25ClN8OS. The first kappa shape index (κ1) is 23.1. The Balaban J connectivity index is 1.33. The Morgan fingerprint density at radius 3 is 2.78 bits per heavy atom. The van der Waals surface area contributed by atoms with E-state index < -0.39 is 0 Å². The largest absolute Gasteiger partial charge is 0.338 e. The summed E-state index contributed by atoms with van der Waals surface area (Å²) in [5, 5.41) is 15.5. The summed E-state index contributed by atoms with van der Waals surface area (Å²) in [4.78, 5) is 26.7. The third-order valence-electron chi connectivity index (χ3n) is 6.65. The molecule has 3 aromatic heterocycles. The number of nitrogens with zero attached hydrogens (tertiary/aromatic N) is 5. The van der Waals surface area contributed by atoms with E-state index in [1.165, 1.54) is 17.7 Å². The molecule has 0 saturated carbocycles. The van der Waals surface area contributed by atoms with Crippen LogP contribution >= 0.6 is 22.9 Å². The predicted molar refractivity (Wildman–Crippen MR) is 141 cm³/mol. The second kappa shape index (κ2) is 9.96. The molecular weight excluding hydrogens is 496 g/mol. The lowest BCUT2D eigenvalue weighted by molar-refractivity contribution is 0.248. The SMILES string of the molecule is O=C(NCC1CCNCC1)Nc1nc2c(s1)-c1c(c(-c3cncnc3)nn1-c1ccccc1Cl)CC2. The quantitative estimate of drug-likeness (QED) is 0.361. The Morgan fingerprint density at radius 1 is 1.17 bits per heavy atom. The molecule has 36 heavy (non-hydrogen) atoms. The number of hydrogen-bond acceptors (Lipinski definition) is 7. The zero-order valence-corrected chi connectivity index (χ0v) is 21.1. The molecule has 4 heterocycles. The zero-order valence-electron chi connectivity index (χ0n) is 19.5. The molecule has 0 atom stereocenters. The maximum absolute atomic E-state index is 12.6. The number of urea groups is 1. The number of hydrogen-bond donors (Lipinski definition) is 3. The number of benzene rings is 1. The van der Waals surface area contributed by atoms with E-state index >= 15 is 0 Å². The first-order valence-corrected chi connectivity index (χ1v) is 13.2. The predicted octanol–water partition coefficient (Wildman–Crippen LogP) is 4.33. The third kappa shape index (κ3) is 4.47. The second-order valence-electron chi connectivity index (χ2n) is 8.99. The number of carbonyl (C=O) groups excluding carboxylic acids is 1. The number of aromatic nitrogens is 5. The lowest BCUT2D eigenvalue weighted by atomic mass is 9.96. The van der Waals surface area contributed by atoms with Gasteiger partial charge in [0.05, 0.1) is 32.7 Å². The minimum absolute atomic E-state index is 0.221. The van der Waals surface area contributed by atoms with Crippen molar-refractivity contribution in [2.45, 2.75) is 25.7 Å². The van der Waals surface area contributed by atoms with Crippen LogP contribution in [0.25, 0.3) is 27.5 Å². The number of fused-ring (bicyclic) bond motifs is 3. The van der Waals surface area contributed by atoms with E-state index in [-0.39, 0.29) is 6.03 Å². The fraction of sp³-hybridized carbons (Fsp3) is 0.320. The van der Waals surface area contributed by atoms with Crippen LogP contribution in [-0.4, -0.2) is 50.4 Å². The first-order valence-electron chi connectivity index (χ1n) is 12.0. The summed E-state index contributed by atoms with van der Waals surface area (Å²) in [5.41, 5.74) is 5.47. The highest BCUT2D eigenvalue weighted by molar-refractivity contribution is 7.19. The van der Waals surface area contributed by atoms with Crippen LogP contribution in [0.1, 0.15) is 24.1 Å². The highest BCUT2D eigenvalue weighted by Crippen LogP contribution is 2.44. The van der Waals surface area contributed by atoms with Gasteiger partial charge < -0.3 is 10.6 Å². The topological polar surface area (TPSA) is 110 Å². The Kier molecular flexibility index (Phi) is 6.39. The minimum atomic E-state index is -0.221. The molecule has 1 saturated heterocycles. The molecule has 0 spiro atoms. The molecule has 0 unspecified atom stereocenters. The molecule has 1 aromatic carbocycles. The maximum Gasteiger partial charge on any atom is 0.321 e. The number of amides is 2. The summed E-state index contributed by atoms with van der Waals surface area (Å²) < 4.78 is 1.89. The van der Waals surface area contributed by atoms with Gasteiger partial charge in [-0.15, -0.1) is 0 Å². The van der Waals surface area contributed by atoms with Crippen molar-refractivity contribution in [3.63, 3.8) is 0 Å². The summed E-state index contributed by atoms with van der Waals surface area (Å²) >= 11 is 8.05. The third-order valence-corrected chi connectivity index (χ3v) is 7.99. The van der Waals surface area contributed by atoms with Crippen LogP contribution in [0.4, 0.5) is 9.93 Å². The average Bonchev–Trinajstić information content (AvgIpc) is 3.50. The van der Waals surface area contributed by atoms with Crippen LogP contribution in [0.3, 0.4) is 0 Å². The van der Waals surface area contributed by atoms with Gasteiger partial charge in [0, 0.05) is 30.1 Å². The summed E-state index contributed by atoms with van der Waals surface area (Å²) in [6.45, 7) is 2.68. The van der Waals surface area contributed by atoms with Gasteiger partial charge in [0.25, 0.3) is 0 Å². The van der Waals surface area contributed by atoms with Crippen molar-refractivity contribution >= 4 is 34.1 Å². The number of aryl methyl sites for hydroxylation is 1. The van der Waals surface area contributed by atoms with E-state index in [1.807, 2.05) is 28.9 Å². The number of carbonyl (C=O) groups is 1. The smallest absolute Gasteiger partial charge is 0.321 e. The molecule has 3 N–H and O–H groups in total. The summed E-state index contributed by atoms with van der Waals surface area (Å²) in [6, 6.07) is 7.42. The average molecular weight is 521 g/mol. The number of anilines is 1. The van der Waals surface area contributed by atoms with Crippen LogP contribution in [0.15, 0.2) is 43.0 Å². The van der Waals surface area contributed by atoms with Gasteiger partial charge in [-0.2, -0.15) is 5.10 Å². The van der Waals surface area contributed by atoms with Crippen LogP contribution < -0.4 is 16.0 Å². The highest BCUT2D eigenvalue weighted by atomic mass is 35.5. The molecule has 184 valence electrons. The molecule has 0 bridgehead atoms. The van der Waals surface area contributed by atoms with Gasteiger partial charge >= 0.3 is 6.03 Å². The van der Waals surface area contributed by atoms with Gasteiger partial charge in [-0.3, -0.25) is 5.32 Å². The standard InChI is InChI=1S/C25H25ClN8OS/c26-18-3-1-2-4-20(18)34-22-17(21(33-34)16-12-28-14-29-13-16)5-6-19-23(22)36-25(31-19)32-24(35)30-11-15-7-9-27-10-8-15/h1-4,12-15,27H,5-11H2,(H2,30,31,32,35). The van der Waals surface area contributed by atoms with Crippen molar-refractivity contribution in [1.29, 1.82) is 0 Å². The number of rotatable bonds is 5. The zero-order chi connectivity index (χ0) is 24.5. The van der Waals surface area contributed by atoms with E-state index in [1.54, 1.807) is 12.4 Å². The highest BCUT2D eigenvalue weighted by Gasteiger charge is 2.30. The van der Waals surface area contributed by atoms with E-state index in [9.17, 15) is 4.79 Å². The van der Waals surface area contributed by atoms with Gasteiger partial charge in [-0.05, 0) is 56.8 Å². The van der Waals surface area contributed by atoms with Gasteiger partial charge in [0.1, 0.15) is 6.33 Å². The molecule has 9 nitrogen and oxygen atoms in total. The van der Waals surface area contributed by atoms with E-state index in [4.69, 9.17) is 21.7 Å². The number of piperidine rings is 1. The normalized spacial score (nSPS) is 15.2. The summed E-state index contributed by atoms with van der Waals surface area (Å²) in [6.07, 6.45) is 8.73. The van der Waals surface area contributed by atoms with Gasteiger partial charge in [0.15, 0.2) is 5.13 Å². The molecule has 2 aliphatic rings. The Morgan fingerprint density at radius 2 is 1.97 bits per heavy atom. The number of nitrogens with one attached hydrogen (secondary N) is 3. The lowest BCUT2D eigenvalue weighted by Gasteiger charge is -2.22. The van der Waals surface area contributed by atoms with Crippen molar-refractivity contribution in [2.24, 2.45) is 5.92 Å². The van der Waals surface area contributed by atoms with Gasteiger partial charge in [-0.1, -0.05) is 35.1 Å². The van der Waals surface area contributed by atoms with Gasteiger partial charge in [-0.25, -0.2) is 24.4 Å².